The smallest absolute Gasteiger partial charge is 0.306 e. The van der Waals surface area contributed by atoms with Crippen molar-refractivity contribution in [1.29, 1.82) is 0 Å². The fourth-order valence-corrected chi connectivity index (χ4v) is 17.0. The molecule has 0 N–H and O–H groups in total. The van der Waals surface area contributed by atoms with Crippen LogP contribution in [0.1, 0.15) is 632 Å². The van der Waals surface area contributed by atoms with Gasteiger partial charge >= 0.3 is 35.8 Å². The molecular formula is C114H216O12. The number of esters is 6. The monoisotopic (exact) mass is 1780 g/mol. The molecule has 2 unspecified atom stereocenters. The van der Waals surface area contributed by atoms with Gasteiger partial charge in [-0.1, -0.05) is 528 Å². The van der Waals surface area contributed by atoms with E-state index >= 15 is 0 Å². The molecule has 744 valence electrons. The van der Waals surface area contributed by atoms with Crippen LogP contribution in [0.15, 0.2) is 24.3 Å². The molecule has 0 aliphatic rings. The van der Waals surface area contributed by atoms with Crippen molar-refractivity contribution in [2.75, 3.05) is 26.4 Å². The minimum Gasteiger partial charge on any atom is -0.462 e. The van der Waals surface area contributed by atoms with Crippen molar-refractivity contribution in [3.63, 3.8) is 0 Å². The number of hydrogen-bond acceptors (Lipinski definition) is 12. The largest absolute Gasteiger partial charge is 0.462 e. The Morgan fingerprint density at radius 2 is 0.262 bits per heavy atom. The fourth-order valence-electron chi connectivity index (χ4n) is 17.0. The summed E-state index contributed by atoms with van der Waals surface area (Å²) in [5.41, 5.74) is 0. The Hall–Kier alpha value is -3.70. The zero-order chi connectivity index (χ0) is 91.6. The van der Waals surface area contributed by atoms with Crippen molar-refractivity contribution in [2.45, 2.75) is 644 Å². The number of carbonyl (C=O) groups excluding carboxylic acids is 6. The third kappa shape index (κ3) is 107. The zero-order valence-corrected chi connectivity index (χ0v) is 85.2. The van der Waals surface area contributed by atoms with Gasteiger partial charge in [0.15, 0.2) is 12.2 Å². The Labute approximate surface area is 783 Å². The SMILES string of the molecule is CCCCCCCCC=CCCCCCCCC(=O)OCC(COC(=O)CCCCCCCCCCCCCCCCC)OC(=O)CCCCCCCCCCCCCCCCC.CCCCCCCCC=CCCCCCCCC(=O)OCC(COC(=O)CCCCCCCCCCCCCCCCC)OC(=O)CCCCCCCCCCCCCCCCC. The van der Waals surface area contributed by atoms with Gasteiger partial charge in [-0.3, -0.25) is 28.8 Å². The summed E-state index contributed by atoms with van der Waals surface area (Å²) in [6, 6.07) is 0. The van der Waals surface area contributed by atoms with Crippen molar-refractivity contribution in [3.05, 3.63) is 24.3 Å². The zero-order valence-electron chi connectivity index (χ0n) is 85.2. The molecule has 0 aromatic carbocycles. The van der Waals surface area contributed by atoms with E-state index in [-0.39, 0.29) is 62.2 Å². The molecule has 0 bridgehead atoms. The van der Waals surface area contributed by atoms with E-state index in [2.05, 4.69) is 65.8 Å². The van der Waals surface area contributed by atoms with E-state index in [4.69, 9.17) is 28.4 Å². The Kier molecular flexibility index (Phi) is 109. The second-order valence-corrected chi connectivity index (χ2v) is 38.4. The van der Waals surface area contributed by atoms with E-state index in [1.165, 1.54) is 424 Å². The highest BCUT2D eigenvalue weighted by atomic mass is 16.6. The fraction of sp³-hybridized carbons (Fsp3) is 0.912. The molecule has 0 aliphatic heterocycles. The quantitative estimate of drug-likeness (QED) is 0.0246. The minimum absolute atomic E-state index is 0.0666. The Bertz CT molecular complexity index is 2110. The maximum Gasteiger partial charge on any atom is 0.306 e. The van der Waals surface area contributed by atoms with Crippen LogP contribution in [0.5, 0.6) is 0 Å². The predicted molar refractivity (Wildman–Crippen MR) is 541 cm³/mol. The first-order chi connectivity index (χ1) is 62.1. The molecule has 0 rings (SSSR count). The summed E-state index contributed by atoms with van der Waals surface area (Å²) in [4.78, 5) is 76.2. The van der Waals surface area contributed by atoms with Gasteiger partial charge in [0.25, 0.3) is 0 Å². The van der Waals surface area contributed by atoms with E-state index in [0.717, 1.165) is 128 Å². The third-order valence-electron chi connectivity index (χ3n) is 25.5. The molecule has 0 aliphatic carbocycles. The average Bonchev–Trinajstić information content (AvgIpc) is 0.945. The highest BCUT2D eigenvalue weighted by Gasteiger charge is 2.22. The van der Waals surface area contributed by atoms with Crippen LogP contribution >= 0.6 is 0 Å². The normalized spacial score (nSPS) is 12.0. The van der Waals surface area contributed by atoms with Gasteiger partial charge < -0.3 is 28.4 Å². The summed E-state index contributed by atoms with van der Waals surface area (Å²) in [7, 11) is 0. The molecule has 0 fully saturated rings. The lowest BCUT2D eigenvalue weighted by Gasteiger charge is -2.18. The molecule has 12 heteroatoms. The Morgan fingerprint density at radius 1 is 0.151 bits per heavy atom. The number of ether oxygens (including phenoxy) is 6. The number of hydrogen-bond donors (Lipinski definition) is 0. The molecule has 0 spiro atoms. The van der Waals surface area contributed by atoms with Crippen LogP contribution in [0.3, 0.4) is 0 Å². The van der Waals surface area contributed by atoms with Gasteiger partial charge in [0, 0.05) is 38.5 Å². The summed E-state index contributed by atoms with van der Waals surface area (Å²) in [5, 5.41) is 0. The molecule has 0 radical (unpaired) electrons. The molecular weight excluding hydrogens is 1560 g/mol. The molecule has 126 heavy (non-hydrogen) atoms. The van der Waals surface area contributed by atoms with Gasteiger partial charge in [0.2, 0.25) is 0 Å². The van der Waals surface area contributed by atoms with Crippen LogP contribution in [-0.2, 0) is 57.2 Å². The highest BCUT2D eigenvalue weighted by Crippen LogP contribution is 2.22. The van der Waals surface area contributed by atoms with Crippen molar-refractivity contribution >= 4 is 35.8 Å². The summed E-state index contributed by atoms with van der Waals surface area (Å²) in [5.74, 6) is -1.70. The molecule has 2 atom stereocenters. The van der Waals surface area contributed by atoms with Crippen LogP contribution in [0, 0.1) is 0 Å². The van der Waals surface area contributed by atoms with Crippen LogP contribution < -0.4 is 0 Å². The molecule has 0 saturated heterocycles. The van der Waals surface area contributed by atoms with Gasteiger partial charge in [-0.05, 0) is 89.9 Å². The van der Waals surface area contributed by atoms with Crippen LogP contribution in [0.4, 0.5) is 0 Å². The van der Waals surface area contributed by atoms with E-state index < -0.39 is 12.2 Å². The van der Waals surface area contributed by atoms with Crippen molar-refractivity contribution in [3.8, 4) is 0 Å². The lowest BCUT2D eigenvalue weighted by atomic mass is 10.0. The Morgan fingerprint density at radius 3 is 0.397 bits per heavy atom. The number of carbonyl (C=O) groups is 6. The lowest BCUT2D eigenvalue weighted by molar-refractivity contribution is -0.167. The first kappa shape index (κ1) is 124. The van der Waals surface area contributed by atoms with Crippen molar-refractivity contribution in [1.82, 2.24) is 0 Å². The van der Waals surface area contributed by atoms with Gasteiger partial charge in [-0.15, -0.1) is 0 Å². The molecule has 0 saturated carbocycles. The van der Waals surface area contributed by atoms with Crippen molar-refractivity contribution in [2.24, 2.45) is 0 Å². The minimum atomic E-state index is -0.767. The van der Waals surface area contributed by atoms with Crippen LogP contribution in [0.2, 0.25) is 0 Å². The topological polar surface area (TPSA) is 158 Å². The second-order valence-electron chi connectivity index (χ2n) is 38.4. The van der Waals surface area contributed by atoms with E-state index in [9.17, 15) is 28.8 Å². The predicted octanol–water partition coefficient (Wildman–Crippen LogP) is 37.1. The molecule has 12 nitrogen and oxygen atoms in total. The lowest BCUT2D eigenvalue weighted by Crippen LogP contribution is -2.30. The van der Waals surface area contributed by atoms with E-state index in [0.29, 0.717) is 38.5 Å². The number of allylic oxidation sites excluding steroid dienone is 4. The van der Waals surface area contributed by atoms with Gasteiger partial charge in [0.1, 0.15) is 26.4 Å². The third-order valence-corrected chi connectivity index (χ3v) is 25.5. The van der Waals surface area contributed by atoms with Crippen LogP contribution in [-0.4, -0.2) is 74.5 Å². The van der Waals surface area contributed by atoms with Gasteiger partial charge in [-0.25, -0.2) is 0 Å². The van der Waals surface area contributed by atoms with Gasteiger partial charge in [-0.2, -0.15) is 0 Å². The summed E-state index contributed by atoms with van der Waals surface area (Å²) in [6.07, 6.45) is 118. The molecule has 0 aromatic rings. The van der Waals surface area contributed by atoms with E-state index in [1.54, 1.807) is 0 Å². The Balaban J connectivity index is 0. The van der Waals surface area contributed by atoms with Crippen molar-refractivity contribution < 1.29 is 57.2 Å². The van der Waals surface area contributed by atoms with Gasteiger partial charge in [0.05, 0.1) is 0 Å². The standard InChI is InChI=1S/2C57H108O6/c2*1-4-7-10-13-16-19-22-25-28-31-34-37-40-43-46-49-55(58)61-52-54(63-57(60)51-48-45-42-39-36-33-30-27-24-21-18-15-12-9-6-3)53-62-56(59)50-47-44-41-38-35-32-29-26-23-20-17-14-11-8-5-2/h2*25,28,54H,4-24,26-27,29-53H2,1-3H3. The maximum atomic E-state index is 12.8. The first-order valence-corrected chi connectivity index (χ1v) is 56.4. The van der Waals surface area contributed by atoms with E-state index in [1.807, 2.05) is 0 Å². The first-order valence-electron chi connectivity index (χ1n) is 56.4. The average molecular weight is 1780 g/mol. The maximum absolute atomic E-state index is 12.8. The molecule has 0 aromatic heterocycles. The highest BCUT2D eigenvalue weighted by molar-refractivity contribution is 5.72. The second kappa shape index (κ2) is 110. The summed E-state index contributed by atoms with van der Waals surface area (Å²) < 4.78 is 33.7. The summed E-state index contributed by atoms with van der Waals surface area (Å²) >= 11 is 0. The number of rotatable bonds is 104. The molecule has 0 amide bonds. The molecule has 0 heterocycles. The van der Waals surface area contributed by atoms with Crippen LogP contribution in [0.25, 0.3) is 0 Å². The summed E-state index contributed by atoms with van der Waals surface area (Å²) in [6.45, 7) is 13.4. The number of unbranched alkanes of at least 4 members (excludes halogenated alkanes) is 78.